The standard InChI is InChI=1S/C18H19F2N3O/c1-11-8-9-16(24-3)14(10-11)21-12(2)17-22-13-6-4-5-7-15(13)23(17)18(19)20/h4-10,12,18,21H,1-3H3/t12-/m1/s1. The third kappa shape index (κ3) is 2.91. The molecule has 0 bridgehead atoms. The highest BCUT2D eigenvalue weighted by Gasteiger charge is 2.22. The molecule has 6 heteroatoms. The van der Waals surface area contributed by atoms with Gasteiger partial charge in [-0.3, -0.25) is 4.57 Å². The van der Waals surface area contributed by atoms with Crippen molar-refractivity contribution in [3.8, 4) is 5.75 Å². The van der Waals surface area contributed by atoms with E-state index in [1.807, 2.05) is 32.0 Å². The number of ether oxygens (including phenoxy) is 1. The van der Waals surface area contributed by atoms with Gasteiger partial charge in [0.1, 0.15) is 11.6 Å². The average molecular weight is 331 g/mol. The molecule has 1 heterocycles. The van der Waals surface area contributed by atoms with Crippen LogP contribution in [0.25, 0.3) is 11.0 Å². The first-order chi connectivity index (χ1) is 11.5. The maximum absolute atomic E-state index is 13.6. The minimum absolute atomic E-state index is 0.287. The maximum Gasteiger partial charge on any atom is 0.320 e. The predicted octanol–water partition coefficient (Wildman–Crippen LogP) is 4.92. The first kappa shape index (κ1) is 16.2. The van der Waals surface area contributed by atoms with Crippen LogP contribution in [0.2, 0.25) is 0 Å². The lowest BCUT2D eigenvalue weighted by Gasteiger charge is -2.19. The van der Waals surface area contributed by atoms with Crippen LogP contribution in [0, 0.1) is 6.92 Å². The van der Waals surface area contributed by atoms with Crippen molar-refractivity contribution in [3.05, 3.63) is 53.9 Å². The van der Waals surface area contributed by atoms with Crippen molar-refractivity contribution in [3.63, 3.8) is 0 Å². The molecule has 0 aliphatic carbocycles. The summed E-state index contributed by atoms with van der Waals surface area (Å²) >= 11 is 0. The molecule has 0 saturated carbocycles. The zero-order chi connectivity index (χ0) is 17.3. The summed E-state index contributed by atoms with van der Waals surface area (Å²) in [6.45, 7) is 1.11. The van der Waals surface area contributed by atoms with Crippen molar-refractivity contribution in [1.29, 1.82) is 0 Å². The van der Waals surface area contributed by atoms with Crippen LogP contribution in [-0.4, -0.2) is 16.7 Å². The molecule has 0 aliphatic rings. The second-order valence-corrected chi connectivity index (χ2v) is 5.68. The number of methoxy groups -OCH3 is 1. The quantitative estimate of drug-likeness (QED) is 0.721. The van der Waals surface area contributed by atoms with Gasteiger partial charge in [0.05, 0.1) is 29.9 Å². The summed E-state index contributed by atoms with van der Waals surface area (Å²) in [5.74, 6) is 0.946. The smallest absolute Gasteiger partial charge is 0.320 e. The first-order valence-electron chi connectivity index (χ1n) is 7.67. The number of halogens is 2. The number of benzene rings is 2. The van der Waals surface area contributed by atoms with E-state index in [1.165, 1.54) is 0 Å². The fraction of sp³-hybridized carbons (Fsp3) is 0.278. The third-order valence-corrected chi connectivity index (χ3v) is 3.93. The maximum atomic E-state index is 13.6. The van der Waals surface area contributed by atoms with Crippen molar-refractivity contribution in [2.75, 3.05) is 12.4 Å². The van der Waals surface area contributed by atoms with Gasteiger partial charge >= 0.3 is 6.55 Å². The van der Waals surface area contributed by atoms with E-state index in [-0.39, 0.29) is 5.82 Å². The number of aromatic nitrogens is 2. The Labute approximate surface area is 139 Å². The number of nitrogens with zero attached hydrogens (tertiary/aromatic N) is 2. The van der Waals surface area contributed by atoms with Gasteiger partial charge in [-0.1, -0.05) is 18.2 Å². The lowest BCUT2D eigenvalue weighted by Crippen LogP contribution is -2.15. The molecule has 0 fully saturated rings. The van der Waals surface area contributed by atoms with Crippen LogP contribution in [0.3, 0.4) is 0 Å². The molecule has 1 N–H and O–H groups in total. The molecule has 24 heavy (non-hydrogen) atoms. The second-order valence-electron chi connectivity index (χ2n) is 5.68. The summed E-state index contributed by atoms with van der Waals surface area (Å²) in [5, 5.41) is 3.23. The second kappa shape index (κ2) is 6.47. The van der Waals surface area contributed by atoms with E-state index in [0.29, 0.717) is 16.8 Å². The Balaban J connectivity index is 2.02. The number of hydrogen-bond acceptors (Lipinski definition) is 3. The van der Waals surface area contributed by atoms with E-state index in [9.17, 15) is 8.78 Å². The molecule has 1 aromatic heterocycles. The fourth-order valence-electron chi connectivity index (χ4n) is 2.81. The topological polar surface area (TPSA) is 39.1 Å². The Hall–Kier alpha value is -2.63. The Bertz CT molecular complexity index is 861. The van der Waals surface area contributed by atoms with Crippen LogP contribution >= 0.6 is 0 Å². The summed E-state index contributed by atoms with van der Waals surface area (Å²) in [6.07, 6.45) is 0. The number of alkyl halides is 2. The predicted molar refractivity (Wildman–Crippen MR) is 90.8 cm³/mol. The Morgan fingerprint density at radius 1 is 1.17 bits per heavy atom. The number of fused-ring (bicyclic) bond motifs is 1. The van der Waals surface area contributed by atoms with Gasteiger partial charge in [-0.05, 0) is 43.7 Å². The van der Waals surface area contributed by atoms with Crippen LogP contribution in [0.15, 0.2) is 42.5 Å². The highest BCUT2D eigenvalue weighted by Crippen LogP contribution is 2.32. The third-order valence-electron chi connectivity index (χ3n) is 3.93. The largest absolute Gasteiger partial charge is 0.495 e. The molecule has 126 valence electrons. The number of rotatable bonds is 5. The molecule has 0 amide bonds. The van der Waals surface area contributed by atoms with Gasteiger partial charge in [-0.15, -0.1) is 0 Å². The monoisotopic (exact) mass is 331 g/mol. The van der Waals surface area contributed by atoms with Crippen LogP contribution in [0.4, 0.5) is 14.5 Å². The van der Waals surface area contributed by atoms with Crippen molar-refractivity contribution in [1.82, 2.24) is 9.55 Å². The summed E-state index contributed by atoms with van der Waals surface area (Å²) in [6, 6.07) is 12.2. The number of aryl methyl sites for hydroxylation is 1. The molecular weight excluding hydrogens is 312 g/mol. The molecule has 4 nitrogen and oxygen atoms in total. The highest BCUT2D eigenvalue weighted by molar-refractivity contribution is 5.76. The van der Waals surface area contributed by atoms with Crippen LogP contribution in [0.5, 0.6) is 5.75 Å². The van der Waals surface area contributed by atoms with Crippen molar-refractivity contribution >= 4 is 16.7 Å². The molecule has 3 aromatic rings. The summed E-state index contributed by atoms with van der Waals surface area (Å²) < 4.78 is 33.4. The molecule has 0 spiro atoms. The van der Waals surface area contributed by atoms with E-state index < -0.39 is 12.6 Å². The highest BCUT2D eigenvalue weighted by atomic mass is 19.3. The van der Waals surface area contributed by atoms with Gasteiger partial charge in [0, 0.05) is 0 Å². The normalized spacial score (nSPS) is 12.6. The van der Waals surface area contributed by atoms with Crippen molar-refractivity contribution in [2.45, 2.75) is 26.4 Å². The van der Waals surface area contributed by atoms with Gasteiger partial charge in [0.15, 0.2) is 0 Å². The van der Waals surface area contributed by atoms with E-state index in [1.54, 1.807) is 31.4 Å². The fourth-order valence-corrected chi connectivity index (χ4v) is 2.81. The number of nitrogens with one attached hydrogen (secondary N) is 1. The lowest BCUT2D eigenvalue weighted by molar-refractivity contribution is 0.0708. The lowest BCUT2D eigenvalue weighted by atomic mass is 10.2. The van der Waals surface area contributed by atoms with Gasteiger partial charge < -0.3 is 10.1 Å². The van der Waals surface area contributed by atoms with Crippen LogP contribution < -0.4 is 10.1 Å². The molecular formula is C18H19F2N3O. The van der Waals surface area contributed by atoms with E-state index in [4.69, 9.17) is 4.74 Å². The first-order valence-corrected chi connectivity index (χ1v) is 7.67. The zero-order valence-electron chi connectivity index (χ0n) is 13.8. The Kier molecular flexibility index (Phi) is 4.38. The average Bonchev–Trinajstić information content (AvgIpc) is 2.95. The van der Waals surface area contributed by atoms with Gasteiger partial charge in [0.25, 0.3) is 0 Å². The number of para-hydroxylation sites is 2. The minimum Gasteiger partial charge on any atom is -0.495 e. The van der Waals surface area contributed by atoms with Crippen LogP contribution in [0.1, 0.15) is 30.9 Å². The van der Waals surface area contributed by atoms with Crippen molar-refractivity contribution in [2.24, 2.45) is 0 Å². The number of hydrogen-bond donors (Lipinski definition) is 1. The molecule has 0 unspecified atom stereocenters. The molecule has 3 rings (SSSR count). The van der Waals surface area contributed by atoms with Crippen molar-refractivity contribution < 1.29 is 13.5 Å². The number of anilines is 1. The van der Waals surface area contributed by atoms with E-state index in [0.717, 1.165) is 15.8 Å². The molecule has 0 aliphatic heterocycles. The minimum atomic E-state index is -2.66. The molecule has 1 atom stereocenters. The summed E-state index contributed by atoms with van der Waals surface area (Å²) in [4.78, 5) is 4.39. The summed E-state index contributed by atoms with van der Waals surface area (Å²) in [5.41, 5.74) is 2.77. The SMILES string of the molecule is COc1ccc(C)cc1N[C@H](C)c1nc2ccccc2n1C(F)F. The number of imidazole rings is 1. The van der Waals surface area contributed by atoms with Gasteiger partial charge in [-0.25, -0.2) is 4.98 Å². The Morgan fingerprint density at radius 3 is 2.62 bits per heavy atom. The Morgan fingerprint density at radius 2 is 1.92 bits per heavy atom. The van der Waals surface area contributed by atoms with Gasteiger partial charge in [-0.2, -0.15) is 8.78 Å². The van der Waals surface area contributed by atoms with E-state index >= 15 is 0 Å². The van der Waals surface area contributed by atoms with Gasteiger partial charge in [0.2, 0.25) is 0 Å². The molecule has 0 saturated heterocycles. The van der Waals surface area contributed by atoms with E-state index in [2.05, 4.69) is 10.3 Å². The molecule has 2 aromatic carbocycles. The molecule has 0 radical (unpaired) electrons. The summed E-state index contributed by atoms with van der Waals surface area (Å²) in [7, 11) is 1.58. The zero-order valence-corrected chi connectivity index (χ0v) is 13.8. The van der Waals surface area contributed by atoms with Crippen LogP contribution in [-0.2, 0) is 0 Å².